The minimum atomic E-state index is -1.20. The molecule has 2 N–H and O–H groups in total. The Bertz CT molecular complexity index is 523. The summed E-state index contributed by atoms with van der Waals surface area (Å²) in [6.07, 6.45) is 0. The summed E-state index contributed by atoms with van der Waals surface area (Å²) in [5, 5.41) is 22.7. The first-order chi connectivity index (χ1) is 8.32. The Labute approximate surface area is 104 Å². The number of anilines is 1. The molecule has 0 aromatic heterocycles. The van der Waals surface area contributed by atoms with Crippen molar-refractivity contribution in [1.29, 1.82) is 0 Å². The van der Waals surface area contributed by atoms with E-state index in [1.807, 2.05) is 0 Å². The molecule has 0 heterocycles. The molecule has 1 aromatic rings. The number of nitro benzene ring substituents is 1. The van der Waals surface area contributed by atoms with E-state index < -0.39 is 10.9 Å². The first-order valence-electron chi connectivity index (χ1n) is 5.23. The number of nitrogens with one attached hydrogen (secondary N) is 1. The molecule has 1 rings (SSSR count). The quantitative estimate of drug-likeness (QED) is 0.476. The van der Waals surface area contributed by atoms with Crippen LogP contribution < -0.4 is 5.32 Å². The van der Waals surface area contributed by atoms with E-state index in [0.717, 1.165) is 11.6 Å². The van der Waals surface area contributed by atoms with Gasteiger partial charge in [-0.15, -0.1) is 0 Å². The number of carbonyl (C=O) groups is 1. The van der Waals surface area contributed by atoms with Gasteiger partial charge in [-0.1, -0.05) is 12.2 Å². The maximum Gasteiger partial charge on any atom is 0.336 e. The summed E-state index contributed by atoms with van der Waals surface area (Å²) in [6.45, 7) is 7.51. The van der Waals surface area contributed by atoms with Crippen LogP contribution >= 0.6 is 0 Å². The standard InChI is InChI=1S/C12H14N2O4/c1-7(2)6-13-10-4-9(12(15)16)5-11(8(10)3)14(17)18/h4-5,13H,1,6H2,2-3H3,(H,15,16). The molecule has 0 aliphatic rings. The van der Waals surface area contributed by atoms with Gasteiger partial charge in [0.1, 0.15) is 0 Å². The normalized spacial score (nSPS) is 9.89. The molecule has 0 atom stereocenters. The second kappa shape index (κ2) is 5.31. The van der Waals surface area contributed by atoms with Crippen LogP contribution in [0.25, 0.3) is 0 Å². The number of nitro groups is 1. The van der Waals surface area contributed by atoms with Crippen LogP contribution in [0.2, 0.25) is 0 Å². The van der Waals surface area contributed by atoms with Crippen molar-refractivity contribution in [3.8, 4) is 0 Å². The topological polar surface area (TPSA) is 92.5 Å². The predicted octanol–water partition coefficient (Wildman–Crippen LogP) is 2.59. The number of carboxylic acids is 1. The largest absolute Gasteiger partial charge is 0.478 e. The molecule has 6 heteroatoms. The van der Waals surface area contributed by atoms with Gasteiger partial charge in [0, 0.05) is 23.9 Å². The third-order valence-electron chi connectivity index (χ3n) is 2.40. The molecule has 0 spiro atoms. The molecule has 6 nitrogen and oxygen atoms in total. The highest BCUT2D eigenvalue weighted by Crippen LogP contribution is 2.27. The van der Waals surface area contributed by atoms with Gasteiger partial charge in [0.2, 0.25) is 0 Å². The fourth-order valence-corrected chi connectivity index (χ4v) is 1.44. The van der Waals surface area contributed by atoms with E-state index in [9.17, 15) is 14.9 Å². The van der Waals surface area contributed by atoms with Crippen LogP contribution in [0.4, 0.5) is 11.4 Å². The molecular weight excluding hydrogens is 236 g/mol. The third-order valence-corrected chi connectivity index (χ3v) is 2.40. The Morgan fingerprint density at radius 1 is 1.56 bits per heavy atom. The van der Waals surface area contributed by atoms with Crippen molar-refractivity contribution >= 4 is 17.3 Å². The third kappa shape index (κ3) is 3.07. The van der Waals surface area contributed by atoms with Gasteiger partial charge in [0.15, 0.2) is 0 Å². The molecule has 0 aliphatic heterocycles. The Hall–Kier alpha value is -2.37. The average Bonchev–Trinajstić information content (AvgIpc) is 2.26. The first-order valence-corrected chi connectivity index (χ1v) is 5.23. The van der Waals surface area contributed by atoms with Crippen molar-refractivity contribution in [2.75, 3.05) is 11.9 Å². The van der Waals surface area contributed by atoms with Crippen LogP contribution in [0.5, 0.6) is 0 Å². The summed E-state index contributed by atoms with van der Waals surface area (Å²) in [5.74, 6) is -1.20. The highest BCUT2D eigenvalue weighted by atomic mass is 16.6. The van der Waals surface area contributed by atoms with Gasteiger partial charge in [-0.25, -0.2) is 4.79 Å². The van der Waals surface area contributed by atoms with Gasteiger partial charge < -0.3 is 10.4 Å². The van der Waals surface area contributed by atoms with Crippen LogP contribution in [-0.4, -0.2) is 22.5 Å². The van der Waals surface area contributed by atoms with Crippen LogP contribution in [0.3, 0.4) is 0 Å². The van der Waals surface area contributed by atoms with Crippen LogP contribution in [0.1, 0.15) is 22.8 Å². The molecule has 1 aromatic carbocycles. The van der Waals surface area contributed by atoms with E-state index in [1.165, 1.54) is 6.07 Å². The molecule has 0 aliphatic carbocycles. The van der Waals surface area contributed by atoms with E-state index in [2.05, 4.69) is 11.9 Å². The van der Waals surface area contributed by atoms with Crippen LogP contribution in [0, 0.1) is 17.0 Å². The molecule has 0 saturated heterocycles. The van der Waals surface area contributed by atoms with E-state index in [4.69, 9.17) is 5.11 Å². The molecule has 18 heavy (non-hydrogen) atoms. The van der Waals surface area contributed by atoms with Gasteiger partial charge in [-0.3, -0.25) is 10.1 Å². The predicted molar refractivity (Wildman–Crippen MR) is 68.1 cm³/mol. The van der Waals surface area contributed by atoms with Crippen molar-refractivity contribution in [1.82, 2.24) is 0 Å². The van der Waals surface area contributed by atoms with E-state index in [1.54, 1.807) is 13.8 Å². The molecule has 96 valence electrons. The highest BCUT2D eigenvalue weighted by molar-refractivity contribution is 5.90. The molecule has 0 saturated carbocycles. The summed E-state index contributed by atoms with van der Waals surface area (Å²) in [6, 6.07) is 2.44. The molecule has 0 bridgehead atoms. The lowest BCUT2D eigenvalue weighted by atomic mass is 10.1. The van der Waals surface area contributed by atoms with Crippen molar-refractivity contribution < 1.29 is 14.8 Å². The van der Waals surface area contributed by atoms with Crippen molar-refractivity contribution in [3.05, 3.63) is 45.5 Å². The van der Waals surface area contributed by atoms with Gasteiger partial charge in [-0.05, 0) is 19.9 Å². The molecule has 0 fully saturated rings. The summed E-state index contributed by atoms with van der Waals surface area (Å²) in [7, 11) is 0. The van der Waals surface area contributed by atoms with Gasteiger partial charge in [-0.2, -0.15) is 0 Å². The number of carboxylic acid groups (broad SMARTS) is 1. The number of benzene rings is 1. The molecule has 0 unspecified atom stereocenters. The van der Waals surface area contributed by atoms with E-state index in [0.29, 0.717) is 17.8 Å². The lowest BCUT2D eigenvalue weighted by Gasteiger charge is -2.10. The zero-order chi connectivity index (χ0) is 13.9. The van der Waals surface area contributed by atoms with Crippen molar-refractivity contribution in [2.24, 2.45) is 0 Å². The highest BCUT2D eigenvalue weighted by Gasteiger charge is 2.18. The second-order valence-corrected chi connectivity index (χ2v) is 4.04. The minimum absolute atomic E-state index is 0.114. The Balaban J connectivity index is 3.26. The lowest BCUT2D eigenvalue weighted by Crippen LogP contribution is -2.07. The SMILES string of the molecule is C=C(C)CNc1cc(C(=O)O)cc([N+](=O)[O-])c1C. The number of hydrogen-bond donors (Lipinski definition) is 2. The Morgan fingerprint density at radius 2 is 2.17 bits per heavy atom. The monoisotopic (exact) mass is 250 g/mol. The summed E-state index contributed by atoms with van der Waals surface area (Å²) in [4.78, 5) is 21.2. The minimum Gasteiger partial charge on any atom is -0.478 e. The van der Waals surface area contributed by atoms with E-state index in [-0.39, 0.29) is 11.3 Å². The maximum atomic E-state index is 10.9. The van der Waals surface area contributed by atoms with Crippen LogP contribution in [-0.2, 0) is 0 Å². The first kappa shape index (κ1) is 13.7. The summed E-state index contributed by atoms with van der Waals surface area (Å²) in [5.41, 5.74) is 1.37. The molecular formula is C12H14N2O4. The Morgan fingerprint density at radius 3 is 2.61 bits per heavy atom. The smallest absolute Gasteiger partial charge is 0.336 e. The van der Waals surface area contributed by atoms with Gasteiger partial charge >= 0.3 is 5.97 Å². The van der Waals surface area contributed by atoms with Gasteiger partial charge in [0.05, 0.1) is 10.5 Å². The lowest BCUT2D eigenvalue weighted by molar-refractivity contribution is -0.385. The van der Waals surface area contributed by atoms with Crippen LogP contribution in [0.15, 0.2) is 24.3 Å². The molecule has 0 amide bonds. The van der Waals surface area contributed by atoms with Gasteiger partial charge in [0.25, 0.3) is 5.69 Å². The number of nitrogens with zero attached hydrogens (tertiary/aromatic N) is 1. The average molecular weight is 250 g/mol. The zero-order valence-corrected chi connectivity index (χ0v) is 10.2. The summed E-state index contributed by atoms with van der Waals surface area (Å²) < 4.78 is 0. The second-order valence-electron chi connectivity index (χ2n) is 4.04. The Kier molecular flexibility index (Phi) is 4.04. The number of hydrogen-bond acceptors (Lipinski definition) is 4. The number of aromatic carboxylic acids is 1. The summed E-state index contributed by atoms with van der Waals surface area (Å²) >= 11 is 0. The fourth-order valence-electron chi connectivity index (χ4n) is 1.44. The van der Waals surface area contributed by atoms with Crippen molar-refractivity contribution in [2.45, 2.75) is 13.8 Å². The van der Waals surface area contributed by atoms with Crippen molar-refractivity contribution in [3.63, 3.8) is 0 Å². The van der Waals surface area contributed by atoms with E-state index >= 15 is 0 Å². The zero-order valence-electron chi connectivity index (χ0n) is 10.2. The fraction of sp³-hybridized carbons (Fsp3) is 0.250. The number of rotatable bonds is 5. The maximum absolute atomic E-state index is 10.9. The molecule has 0 radical (unpaired) electrons.